The first-order valence-electron chi connectivity index (χ1n) is 5.95. The number of benzene rings is 1. The zero-order valence-electron chi connectivity index (χ0n) is 10.3. The fraction of sp³-hybridized carbons (Fsp3) is 0.462. The second kappa shape index (κ2) is 7.26. The normalized spacial score (nSPS) is 12.1. The molecule has 0 aliphatic heterocycles. The Balaban J connectivity index is 2.65. The summed E-state index contributed by atoms with van der Waals surface area (Å²) in [6.07, 6.45) is 1.95. The van der Waals surface area contributed by atoms with Crippen LogP contribution in [0.15, 0.2) is 18.2 Å². The van der Waals surface area contributed by atoms with E-state index in [0.29, 0.717) is 12.5 Å². The minimum Gasteiger partial charge on any atom is -0.507 e. The van der Waals surface area contributed by atoms with Gasteiger partial charge in [0, 0.05) is 11.9 Å². The van der Waals surface area contributed by atoms with Crippen molar-refractivity contribution in [3.05, 3.63) is 23.8 Å². The molecule has 18 heavy (non-hydrogen) atoms. The molecule has 1 aromatic carbocycles. The summed E-state index contributed by atoms with van der Waals surface area (Å²) in [6, 6.07) is 4.25. The van der Waals surface area contributed by atoms with Gasteiger partial charge in [0.25, 0.3) is 5.91 Å². The number of alkyl halides is 1. The van der Waals surface area contributed by atoms with Gasteiger partial charge < -0.3 is 15.5 Å². The number of carbonyl (C=O) groups is 1. The summed E-state index contributed by atoms with van der Waals surface area (Å²) in [5, 5.41) is 22.7. The van der Waals surface area contributed by atoms with Crippen LogP contribution in [0.3, 0.4) is 0 Å². The van der Waals surface area contributed by atoms with E-state index >= 15 is 0 Å². The van der Waals surface area contributed by atoms with Crippen LogP contribution >= 0.6 is 15.9 Å². The fourth-order valence-corrected chi connectivity index (χ4v) is 2.34. The molecule has 0 saturated heterocycles. The predicted molar refractivity (Wildman–Crippen MR) is 74.3 cm³/mol. The van der Waals surface area contributed by atoms with Crippen molar-refractivity contribution in [3.63, 3.8) is 0 Å². The second-order valence-electron chi connectivity index (χ2n) is 4.13. The van der Waals surface area contributed by atoms with E-state index < -0.39 is 5.91 Å². The second-order valence-corrected chi connectivity index (χ2v) is 4.93. The van der Waals surface area contributed by atoms with Gasteiger partial charge in [0.15, 0.2) is 0 Å². The van der Waals surface area contributed by atoms with E-state index in [1.165, 1.54) is 18.2 Å². The maximum atomic E-state index is 11.9. The van der Waals surface area contributed by atoms with Crippen LogP contribution in [0.4, 0.5) is 0 Å². The van der Waals surface area contributed by atoms with Crippen LogP contribution < -0.4 is 5.32 Å². The summed E-state index contributed by atoms with van der Waals surface area (Å²) in [7, 11) is 0. The number of aromatic hydroxyl groups is 2. The largest absolute Gasteiger partial charge is 0.507 e. The Labute approximate surface area is 115 Å². The van der Waals surface area contributed by atoms with Crippen LogP contribution in [0.1, 0.15) is 30.1 Å². The fourth-order valence-electron chi connectivity index (χ4n) is 1.69. The standard InChI is InChI=1S/C13H18BrNO3/c1-2-9(6-7-14)8-15-13(18)12-10(16)4-3-5-11(12)17/h3-5,9,16-17H,2,6-8H2,1H3,(H,15,18). The molecule has 0 fully saturated rings. The highest BCUT2D eigenvalue weighted by Gasteiger charge is 2.16. The van der Waals surface area contributed by atoms with Crippen molar-refractivity contribution in [3.8, 4) is 11.5 Å². The highest BCUT2D eigenvalue weighted by atomic mass is 79.9. The molecule has 100 valence electrons. The lowest BCUT2D eigenvalue weighted by molar-refractivity contribution is 0.0941. The van der Waals surface area contributed by atoms with E-state index in [0.717, 1.165) is 18.2 Å². The van der Waals surface area contributed by atoms with E-state index in [1.807, 2.05) is 0 Å². The van der Waals surface area contributed by atoms with Gasteiger partial charge in [0.1, 0.15) is 17.1 Å². The molecule has 1 unspecified atom stereocenters. The molecule has 0 bridgehead atoms. The molecular formula is C13H18BrNO3. The van der Waals surface area contributed by atoms with E-state index in [4.69, 9.17) is 0 Å². The molecule has 5 heteroatoms. The molecule has 0 aliphatic carbocycles. The molecule has 0 heterocycles. The number of hydrogen-bond donors (Lipinski definition) is 3. The van der Waals surface area contributed by atoms with E-state index in [1.54, 1.807) is 0 Å². The predicted octanol–water partition coefficient (Wildman–Crippen LogP) is 2.64. The topological polar surface area (TPSA) is 69.6 Å². The smallest absolute Gasteiger partial charge is 0.258 e. The van der Waals surface area contributed by atoms with Crippen molar-refractivity contribution in [1.82, 2.24) is 5.32 Å². The average Bonchev–Trinajstić information content (AvgIpc) is 2.34. The van der Waals surface area contributed by atoms with Gasteiger partial charge in [0.2, 0.25) is 0 Å². The Morgan fingerprint density at radius 2 is 2.00 bits per heavy atom. The molecule has 1 aromatic rings. The Hall–Kier alpha value is -1.23. The SMILES string of the molecule is CCC(CCBr)CNC(=O)c1c(O)cccc1O. The van der Waals surface area contributed by atoms with Crippen molar-refractivity contribution in [2.45, 2.75) is 19.8 Å². The van der Waals surface area contributed by atoms with Gasteiger partial charge in [-0.15, -0.1) is 0 Å². The van der Waals surface area contributed by atoms with Gasteiger partial charge in [-0.05, 0) is 24.5 Å². The number of halogens is 1. The Bertz CT molecular complexity index is 389. The maximum Gasteiger partial charge on any atom is 0.258 e. The van der Waals surface area contributed by atoms with Gasteiger partial charge in [-0.1, -0.05) is 35.3 Å². The number of phenolic OH excluding ortho intramolecular Hbond substituents is 2. The molecule has 0 spiro atoms. The Morgan fingerprint density at radius 1 is 1.39 bits per heavy atom. The Kier molecular flexibility index (Phi) is 5.98. The molecule has 1 rings (SSSR count). The Morgan fingerprint density at radius 3 is 2.50 bits per heavy atom. The summed E-state index contributed by atoms with van der Waals surface area (Å²) >= 11 is 3.37. The van der Waals surface area contributed by atoms with E-state index in [2.05, 4.69) is 28.2 Å². The number of hydrogen-bond acceptors (Lipinski definition) is 3. The number of phenols is 2. The number of carbonyl (C=O) groups excluding carboxylic acids is 1. The molecule has 0 aliphatic rings. The molecule has 1 amide bonds. The minimum atomic E-state index is -0.446. The zero-order chi connectivity index (χ0) is 13.5. The highest BCUT2D eigenvalue weighted by molar-refractivity contribution is 9.09. The van der Waals surface area contributed by atoms with Crippen molar-refractivity contribution in [2.24, 2.45) is 5.92 Å². The lowest BCUT2D eigenvalue weighted by Gasteiger charge is -2.15. The summed E-state index contributed by atoms with van der Waals surface area (Å²) < 4.78 is 0. The monoisotopic (exact) mass is 315 g/mol. The van der Waals surface area contributed by atoms with Gasteiger partial charge in [-0.25, -0.2) is 0 Å². The average molecular weight is 316 g/mol. The molecule has 3 N–H and O–H groups in total. The third-order valence-electron chi connectivity index (χ3n) is 2.89. The molecule has 0 radical (unpaired) electrons. The minimum absolute atomic E-state index is 0.0637. The van der Waals surface area contributed by atoms with Gasteiger partial charge in [-0.2, -0.15) is 0 Å². The number of amides is 1. The lowest BCUT2D eigenvalue weighted by Crippen LogP contribution is -2.29. The first kappa shape index (κ1) is 14.8. The van der Waals surface area contributed by atoms with E-state index in [-0.39, 0.29) is 17.1 Å². The molecule has 0 aromatic heterocycles. The summed E-state index contributed by atoms with van der Waals surface area (Å²) in [6.45, 7) is 2.60. The van der Waals surface area contributed by atoms with Crippen LogP contribution in [0, 0.1) is 5.92 Å². The van der Waals surface area contributed by atoms with Gasteiger partial charge in [-0.3, -0.25) is 4.79 Å². The molecular weight excluding hydrogens is 298 g/mol. The van der Waals surface area contributed by atoms with E-state index in [9.17, 15) is 15.0 Å². The highest BCUT2D eigenvalue weighted by Crippen LogP contribution is 2.25. The molecule has 1 atom stereocenters. The summed E-state index contributed by atoms with van der Waals surface area (Å²) in [4.78, 5) is 11.9. The van der Waals surface area contributed by atoms with Crippen LogP contribution in [-0.2, 0) is 0 Å². The van der Waals surface area contributed by atoms with Crippen LogP contribution in [0.25, 0.3) is 0 Å². The van der Waals surface area contributed by atoms with Crippen molar-refractivity contribution in [2.75, 3.05) is 11.9 Å². The number of rotatable bonds is 6. The zero-order valence-corrected chi connectivity index (χ0v) is 11.9. The molecule has 0 saturated carbocycles. The van der Waals surface area contributed by atoms with Crippen LogP contribution in [0.2, 0.25) is 0 Å². The van der Waals surface area contributed by atoms with Crippen molar-refractivity contribution < 1.29 is 15.0 Å². The number of nitrogens with one attached hydrogen (secondary N) is 1. The summed E-state index contributed by atoms with van der Waals surface area (Å²) in [5.41, 5.74) is -0.0637. The van der Waals surface area contributed by atoms with Crippen LogP contribution in [0.5, 0.6) is 11.5 Å². The summed E-state index contributed by atoms with van der Waals surface area (Å²) in [5.74, 6) is -0.470. The third kappa shape index (κ3) is 3.91. The quantitative estimate of drug-likeness (QED) is 0.707. The molecule has 4 nitrogen and oxygen atoms in total. The lowest BCUT2D eigenvalue weighted by atomic mass is 10.0. The first-order chi connectivity index (χ1) is 8.60. The van der Waals surface area contributed by atoms with Gasteiger partial charge in [0.05, 0.1) is 0 Å². The third-order valence-corrected chi connectivity index (χ3v) is 3.35. The van der Waals surface area contributed by atoms with Crippen LogP contribution in [-0.4, -0.2) is 28.0 Å². The van der Waals surface area contributed by atoms with Crippen molar-refractivity contribution >= 4 is 21.8 Å². The van der Waals surface area contributed by atoms with Gasteiger partial charge >= 0.3 is 0 Å². The van der Waals surface area contributed by atoms with Crippen molar-refractivity contribution in [1.29, 1.82) is 0 Å². The maximum absolute atomic E-state index is 11.9. The first-order valence-corrected chi connectivity index (χ1v) is 7.07.